The molecule has 0 fully saturated rings. The highest BCUT2D eigenvalue weighted by molar-refractivity contribution is 5.66. The van der Waals surface area contributed by atoms with Crippen LogP contribution in [-0.4, -0.2) is 35.6 Å². The normalized spacial score (nSPS) is 11.3. The maximum absolute atomic E-state index is 10.8. The zero-order valence-electron chi connectivity index (χ0n) is 16.5. The van der Waals surface area contributed by atoms with Gasteiger partial charge in [0.1, 0.15) is 0 Å². The lowest BCUT2D eigenvalue weighted by molar-refractivity contribution is -0.137. The van der Waals surface area contributed by atoms with E-state index < -0.39 is 5.97 Å². The molecule has 24 heavy (non-hydrogen) atoms. The Morgan fingerprint density at radius 2 is 1.00 bits per heavy atom. The zero-order chi connectivity index (χ0) is 17.9. The van der Waals surface area contributed by atoms with Crippen molar-refractivity contribution in [2.45, 2.75) is 110 Å². The van der Waals surface area contributed by atoms with Crippen molar-refractivity contribution in [1.29, 1.82) is 0 Å². The summed E-state index contributed by atoms with van der Waals surface area (Å²) in [4.78, 5) is 13.2. The predicted molar refractivity (Wildman–Crippen MR) is 105 cm³/mol. The van der Waals surface area contributed by atoms with Crippen LogP contribution in [-0.2, 0) is 4.79 Å². The highest BCUT2D eigenvalue weighted by atomic mass is 16.4. The second-order valence-electron chi connectivity index (χ2n) is 7.23. The van der Waals surface area contributed by atoms with Crippen molar-refractivity contribution in [1.82, 2.24) is 4.90 Å². The van der Waals surface area contributed by atoms with Crippen LogP contribution in [0.1, 0.15) is 110 Å². The van der Waals surface area contributed by atoms with Crippen LogP contribution >= 0.6 is 0 Å². The molecule has 0 aromatic rings. The Labute approximate surface area is 151 Å². The number of unbranched alkanes of at least 4 members (excludes halogenated alkanes) is 12. The summed E-state index contributed by atoms with van der Waals surface area (Å²) in [5.74, 6) is -0.667. The number of rotatable bonds is 19. The molecule has 0 saturated heterocycles. The number of hydrogen-bond donors (Lipinski definition) is 1. The quantitative estimate of drug-likeness (QED) is 0.282. The van der Waals surface area contributed by atoms with Crippen LogP contribution in [0.2, 0.25) is 0 Å². The molecule has 0 spiro atoms. The van der Waals surface area contributed by atoms with Gasteiger partial charge in [0.05, 0.1) is 6.42 Å². The van der Waals surface area contributed by atoms with E-state index in [0.29, 0.717) is 0 Å². The largest absolute Gasteiger partial charge is 0.481 e. The minimum Gasteiger partial charge on any atom is -0.481 e. The van der Waals surface area contributed by atoms with Gasteiger partial charge < -0.3 is 10.0 Å². The Morgan fingerprint density at radius 3 is 1.38 bits per heavy atom. The maximum atomic E-state index is 10.8. The van der Waals surface area contributed by atoms with E-state index in [1.807, 2.05) is 0 Å². The lowest BCUT2D eigenvalue weighted by Crippen LogP contribution is -2.28. The first kappa shape index (κ1) is 23.4. The van der Waals surface area contributed by atoms with Gasteiger partial charge >= 0.3 is 5.97 Å². The van der Waals surface area contributed by atoms with Gasteiger partial charge in [-0.1, -0.05) is 90.9 Å². The highest BCUT2D eigenvalue weighted by Crippen LogP contribution is 2.10. The third-order valence-corrected chi connectivity index (χ3v) is 4.80. The summed E-state index contributed by atoms with van der Waals surface area (Å²) in [7, 11) is 0. The molecule has 144 valence electrons. The van der Waals surface area contributed by atoms with Crippen molar-refractivity contribution in [3.63, 3.8) is 0 Å². The summed E-state index contributed by atoms with van der Waals surface area (Å²) in [5, 5.41) is 8.92. The molecule has 0 rings (SSSR count). The lowest BCUT2D eigenvalue weighted by Gasteiger charge is -2.21. The third-order valence-electron chi connectivity index (χ3n) is 4.80. The van der Waals surface area contributed by atoms with Crippen LogP contribution < -0.4 is 0 Å². The fraction of sp³-hybridized carbons (Fsp3) is 0.952. The third kappa shape index (κ3) is 17.8. The van der Waals surface area contributed by atoms with Gasteiger partial charge in [-0.15, -0.1) is 0 Å². The number of carbonyl (C=O) groups is 1. The summed E-state index contributed by atoms with van der Waals surface area (Å²) >= 11 is 0. The molecule has 0 amide bonds. The fourth-order valence-corrected chi connectivity index (χ4v) is 3.17. The number of carboxylic acid groups (broad SMARTS) is 1. The number of nitrogens with zero attached hydrogens (tertiary/aromatic N) is 1. The second kappa shape index (κ2) is 18.8. The predicted octanol–water partition coefficient (Wildman–Crippen LogP) is 6.26. The average molecular weight is 342 g/mol. The molecule has 0 radical (unpaired) electrons. The van der Waals surface area contributed by atoms with Crippen LogP contribution in [0.25, 0.3) is 0 Å². The molecule has 3 heteroatoms. The van der Waals surface area contributed by atoms with Crippen molar-refractivity contribution in [3.05, 3.63) is 0 Å². The summed E-state index contributed by atoms with van der Waals surface area (Å²) in [6, 6.07) is 0. The minimum absolute atomic E-state index is 0.285. The molecular weight excluding hydrogens is 298 g/mol. The van der Waals surface area contributed by atoms with E-state index in [9.17, 15) is 4.79 Å². The van der Waals surface area contributed by atoms with E-state index in [1.54, 1.807) is 0 Å². The topological polar surface area (TPSA) is 40.5 Å². The summed E-state index contributed by atoms with van der Waals surface area (Å²) in [6.07, 6.45) is 18.8. The number of aliphatic carboxylic acids is 1. The van der Waals surface area contributed by atoms with E-state index in [2.05, 4.69) is 18.7 Å². The van der Waals surface area contributed by atoms with Gasteiger partial charge in [-0.3, -0.25) is 4.79 Å². The van der Waals surface area contributed by atoms with Crippen LogP contribution in [0.15, 0.2) is 0 Å². The van der Waals surface area contributed by atoms with Crippen LogP contribution in [0.5, 0.6) is 0 Å². The molecule has 1 N–H and O–H groups in total. The van der Waals surface area contributed by atoms with Gasteiger partial charge in [-0.2, -0.15) is 0 Å². The Balaban J connectivity index is 3.70. The molecule has 0 aliphatic heterocycles. The number of hydrogen-bond acceptors (Lipinski definition) is 2. The summed E-state index contributed by atoms with van der Waals surface area (Å²) in [5.41, 5.74) is 0. The van der Waals surface area contributed by atoms with Crippen LogP contribution in [0, 0.1) is 0 Å². The van der Waals surface area contributed by atoms with E-state index in [4.69, 9.17) is 5.11 Å². The molecule has 0 aromatic carbocycles. The first-order valence-corrected chi connectivity index (χ1v) is 10.6. The molecule has 0 saturated carbocycles. The van der Waals surface area contributed by atoms with Gasteiger partial charge in [0, 0.05) is 6.54 Å². The summed E-state index contributed by atoms with van der Waals surface area (Å²) in [6.45, 7) is 7.39. The fourth-order valence-electron chi connectivity index (χ4n) is 3.17. The van der Waals surface area contributed by atoms with E-state index in [1.165, 1.54) is 89.9 Å². The van der Waals surface area contributed by atoms with Crippen molar-refractivity contribution in [3.8, 4) is 0 Å². The molecule has 0 bridgehead atoms. The Hall–Kier alpha value is -0.570. The molecule has 3 nitrogen and oxygen atoms in total. The molecule has 0 heterocycles. The van der Waals surface area contributed by atoms with Gasteiger partial charge in [-0.05, 0) is 25.9 Å². The van der Waals surface area contributed by atoms with Crippen LogP contribution in [0.3, 0.4) is 0 Å². The zero-order valence-corrected chi connectivity index (χ0v) is 16.5. The van der Waals surface area contributed by atoms with Crippen molar-refractivity contribution in [2.75, 3.05) is 19.6 Å². The first-order chi connectivity index (χ1) is 11.7. The Bertz CT molecular complexity index is 251. The highest BCUT2D eigenvalue weighted by Gasteiger charge is 2.07. The Kier molecular flexibility index (Phi) is 18.3. The van der Waals surface area contributed by atoms with Gasteiger partial charge in [0.2, 0.25) is 0 Å². The minimum atomic E-state index is -0.667. The molecule has 0 aliphatic carbocycles. The first-order valence-electron chi connectivity index (χ1n) is 10.6. The molecular formula is C21H43NO2. The van der Waals surface area contributed by atoms with E-state index >= 15 is 0 Å². The van der Waals surface area contributed by atoms with Crippen LogP contribution in [0.4, 0.5) is 0 Å². The molecule has 0 unspecified atom stereocenters. The monoisotopic (exact) mass is 341 g/mol. The van der Waals surface area contributed by atoms with Gasteiger partial charge in [0.15, 0.2) is 0 Å². The molecule has 0 aromatic heterocycles. The van der Waals surface area contributed by atoms with Gasteiger partial charge in [-0.25, -0.2) is 0 Å². The maximum Gasteiger partial charge on any atom is 0.304 e. The lowest BCUT2D eigenvalue weighted by atomic mass is 10.1. The summed E-state index contributed by atoms with van der Waals surface area (Å²) < 4.78 is 0. The average Bonchev–Trinajstić information content (AvgIpc) is 2.57. The van der Waals surface area contributed by atoms with Crippen molar-refractivity contribution >= 4 is 5.97 Å². The van der Waals surface area contributed by atoms with E-state index in [0.717, 1.165) is 19.6 Å². The Morgan fingerprint density at radius 1 is 0.625 bits per heavy atom. The molecule has 0 aliphatic rings. The smallest absolute Gasteiger partial charge is 0.304 e. The SMILES string of the molecule is CCCCCCCCCN(CCCCCCCCC)CCC(=O)O. The van der Waals surface area contributed by atoms with Gasteiger partial charge in [0.25, 0.3) is 0 Å². The van der Waals surface area contributed by atoms with Crippen molar-refractivity contribution in [2.24, 2.45) is 0 Å². The standard InChI is InChI=1S/C21H43NO2/c1-3-5-7-9-11-13-15-18-22(20-17-21(23)24)19-16-14-12-10-8-6-4-2/h3-20H2,1-2H3,(H,23,24). The van der Waals surface area contributed by atoms with Crippen molar-refractivity contribution < 1.29 is 9.90 Å². The number of carboxylic acids is 1. The molecule has 0 atom stereocenters. The second-order valence-corrected chi connectivity index (χ2v) is 7.23. The van der Waals surface area contributed by atoms with E-state index in [-0.39, 0.29) is 6.42 Å².